The molecule has 3 N–H and O–H groups in total. The lowest BCUT2D eigenvalue weighted by atomic mass is 9.85. The Morgan fingerprint density at radius 3 is 2.79 bits per heavy atom. The number of halogens is 4. The number of anilines is 1. The van der Waals surface area contributed by atoms with Crippen molar-refractivity contribution < 1.29 is 27.1 Å². The van der Waals surface area contributed by atoms with Crippen LogP contribution in [0.5, 0.6) is 0 Å². The second kappa shape index (κ2) is 7.33. The van der Waals surface area contributed by atoms with Gasteiger partial charge in [0.15, 0.2) is 6.10 Å². The van der Waals surface area contributed by atoms with E-state index in [2.05, 4.69) is 15.0 Å². The van der Waals surface area contributed by atoms with Crippen LogP contribution in [0.4, 0.5) is 28.0 Å². The molecule has 2 aliphatic rings. The number of alkyl halides is 3. The minimum absolute atomic E-state index is 0.107. The molecule has 2 heterocycles. The van der Waals surface area contributed by atoms with Crippen molar-refractivity contribution in [3.63, 3.8) is 0 Å². The van der Waals surface area contributed by atoms with Gasteiger partial charge in [0, 0.05) is 30.8 Å². The van der Waals surface area contributed by atoms with E-state index in [0.29, 0.717) is 13.1 Å². The minimum Gasteiger partial charge on any atom is -0.452 e. The van der Waals surface area contributed by atoms with E-state index >= 15 is 0 Å². The monoisotopic (exact) mass is 400 g/mol. The van der Waals surface area contributed by atoms with Crippen molar-refractivity contribution in [2.24, 2.45) is 10.7 Å². The molecule has 0 fully saturated rings. The Balaban J connectivity index is 1.87. The molecule has 0 bridgehead atoms. The first kappa shape index (κ1) is 20.0. The second-order valence-electron chi connectivity index (χ2n) is 6.91. The van der Waals surface area contributed by atoms with Crippen LogP contribution >= 0.6 is 0 Å². The Bertz CT molecular complexity index is 824. The predicted molar refractivity (Wildman–Crippen MR) is 95.3 cm³/mol. The van der Waals surface area contributed by atoms with Crippen LogP contribution in [-0.2, 0) is 10.3 Å². The van der Waals surface area contributed by atoms with Crippen molar-refractivity contribution in [3.8, 4) is 0 Å². The maximum atomic E-state index is 14.5. The highest BCUT2D eigenvalue weighted by Crippen LogP contribution is 2.41. The zero-order chi connectivity index (χ0) is 20.5. The van der Waals surface area contributed by atoms with Crippen LogP contribution < -0.4 is 11.1 Å². The number of carbonyl (C=O) groups excluding carboxylic acids is 1. The van der Waals surface area contributed by atoms with E-state index in [4.69, 9.17) is 5.73 Å². The summed E-state index contributed by atoms with van der Waals surface area (Å²) in [6.07, 6.45) is -2.96. The molecule has 152 valence electrons. The average Bonchev–Trinajstić information content (AvgIpc) is 2.62. The van der Waals surface area contributed by atoms with E-state index in [9.17, 15) is 22.4 Å². The molecule has 0 radical (unpaired) electrons. The van der Waals surface area contributed by atoms with Crippen LogP contribution in [0.15, 0.2) is 35.3 Å². The summed E-state index contributed by atoms with van der Waals surface area (Å²) >= 11 is 0. The molecule has 1 aromatic rings. The molecule has 0 aliphatic carbocycles. The zero-order valence-corrected chi connectivity index (χ0v) is 15.1. The number of ether oxygens (including phenoxy) is 1. The van der Waals surface area contributed by atoms with Gasteiger partial charge in [-0.15, -0.1) is 0 Å². The van der Waals surface area contributed by atoms with Crippen LogP contribution in [0.2, 0.25) is 0 Å². The molecule has 0 saturated heterocycles. The lowest BCUT2D eigenvalue weighted by Crippen LogP contribution is -2.46. The first-order valence-electron chi connectivity index (χ1n) is 8.68. The fourth-order valence-electron chi connectivity index (χ4n) is 3.26. The Kier molecular flexibility index (Phi) is 5.22. The summed E-state index contributed by atoms with van der Waals surface area (Å²) in [6, 6.07) is 2.66. The van der Waals surface area contributed by atoms with Gasteiger partial charge in [0.05, 0.1) is 5.54 Å². The standard InChI is InChI=1S/C18H20F4N4O2/c1-17(10-14(18(20,21)22)28-15(23)25-17)12-9-11(5-6-13(12)19)24-16(27)26-7-3-2-4-8-26/h2-3,5-6,9,14H,4,7-8,10H2,1H3,(H2,23,25)(H,24,27)/t14-,17+/m0/s1. The van der Waals surface area contributed by atoms with Gasteiger partial charge >= 0.3 is 12.2 Å². The van der Waals surface area contributed by atoms with E-state index in [1.54, 1.807) is 4.90 Å². The van der Waals surface area contributed by atoms with Gasteiger partial charge in [-0.3, -0.25) is 0 Å². The maximum Gasteiger partial charge on any atom is 0.425 e. The Labute approximate surface area is 159 Å². The first-order chi connectivity index (χ1) is 13.1. The molecule has 1 aromatic carbocycles. The maximum absolute atomic E-state index is 14.5. The number of nitrogens with two attached hydrogens (primary N) is 1. The number of amides is 2. The number of amidine groups is 1. The molecular formula is C18H20F4N4O2. The minimum atomic E-state index is -4.67. The highest BCUT2D eigenvalue weighted by atomic mass is 19.4. The number of nitrogens with one attached hydrogen (secondary N) is 1. The summed E-state index contributed by atoms with van der Waals surface area (Å²) in [4.78, 5) is 17.8. The van der Waals surface area contributed by atoms with Crippen molar-refractivity contribution in [3.05, 3.63) is 41.7 Å². The van der Waals surface area contributed by atoms with Gasteiger partial charge in [-0.1, -0.05) is 12.2 Å². The zero-order valence-electron chi connectivity index (χ0n) is 15.1. The van der Waals surface area contributed by atoms with Crippen LogP contribution in [0, 0.1) is 5.82 Å². The quantitative estimate of drug-likeness (QED) is 0.589. The third kappa shape index (κ3) is 4.20. The van der Waals surface area contributed by atoms with Gasteiger partial charge in [0.1, 0.15) is 5.82 Å². The number of nitrogens with zero attached hydrogens (tertiary/aromatic N) is 2. The highest BCUT2D eigenvalue weighted by molar-refractivity contribution is 5.89. The topological polar surface area (TPSA) is 80.0 Å². The second-order valence-corrected chi connectivity index (χ2v) is 6.91. The molecule has 2 aliphatic heterocycles. The van der Waals surface area contributed by atoms with Gasteiger partial charge in [-0.2, -0.15) is 13.2 Å². The summed E-state index contributed by atoms with van der Waals surface area (Å²) in [5.74, 6) is -0.749. The summed E-state index contributed by atoms with van der Waals surface area (Å²) in [5.41, 5.74) is 3.97. The fraction of sp³-hybridized carbons (Fsp3) is 0.444. The van der Waals surface area contributed by atoms with Crippen LogP contribution in [-0.4, -0.2) is 42.3 Å². The van der Waals surface area contributed by atoms with Gasteiger partial charge in [-0.25, -0.2) is 14.2 Å². The third-order valence-corrected chi connectivity index (χ3v) is 4.71. The molecule has 0 unspecified atom stereocenters. The largest absolute Gasteiger partial charge is 0.452 e. The van der Waals surface area contributed by atoms with Crippen molar-refractivity contribution in [2.45, 2.75) is 37.6 Å². The van der Waals surface area contributed by atoms with Crippen LogP contribution in [0.3, 0.4) is 0 Å². The van der Waals surface area contributed by atoms with Crippen LogP contribution in [0.1, 0.15) is 25.3 Å². The highest BCUT2D eigenvalue weighted by Gasteiger charge is 2.50. The number of hydrogen-bond acceptors (Lipinski definition) is 4. The van der Waals surface area contributed by atoms with Crippen molar-refractivity contribution in [2.75, 3.05) is 18.4 Å². The molecule has 3 rings (SSSR count). The molecule has 10 heteroatoms. The predicted octanol–water partition coefficient (Wildman–Crippen LogP) is 3.50. The van der Waals surface area contributed by atoms with E-state index in [1.165, 1.54) is 19.1 Å². The molecule has 2 amide bonds. The third-order valence-electron chi connectivity index (χ3n) is 4.71. The van der Waals surface area contributed by atoms with Gasteiger partial charge in [0.2, 0.25) is 0 Å². The summed E-state index contributed by atoms with van der Waals surface area (Å²) < 4.78 is 58.5. The molecule has 2 atom stereocenters. The van der Waals surface area contributed by atoms with Crippen molar-refractivity contribution >= 4 is 17.7 Å². The van der Waals surface area contributed by atoms with Gasteiger partial charge < -0.3 is 20.7 Å². The summed E-state index contributed by atoms with van der Waals surface area (Å²) in [6.45, 7) is 2.34. The fourth-order valence-corrected chi connectivity index (χ4v) is 3.26. The molecule has 0 saturated carbocycles. The first-order valence-corrected chi connectivity index (χ1v) is 8.68. The number of benzene rings is 1. The van der Waals surface area contributed by atoms with Gasteiger partial charge in [-0.05, 0) is 31.5 Å². The van der Waals surface area contributed by atoms with Crippen molar-refractivity contribution in [1.82, 2.24) is 4.90 Å². The summed E-state index contributed by atoms with van der Waals surface area (Å²) in [5, 5.41) is 2.64. The molecule has 28 heavy (non-hydrogen) atoms. The molecule has 0 aromatic heterocycles. The van der Waals surface area contributed by atoms with E-state index in [1.807, 2.05) is 12.2 Å². The normalized spacial score (nSPS) is 25.1. The number of aliphatic imine (C=N–C) groups is 1. The number of carbonyl (C=O) groups is 1. The van der Waals surface area contributed by atoms with Crippen molar-refractivity contribution in [1.29, 1.82) is 0 Å². The lowest BCUT2D eigenvalue weighted by molar-refractivity contribution is -0.208. The van der Waals surface area contributed by atoms with Gasteiger partial charge in [0.25, 0.3) is 6.02 Å². The Hall–Kier alpha value is -2.78. The molecule has 6 nitrogen and oxygen atoms in total. The number of rotatable bonds is 2. The Morgan fingerprint density at radius 2 is 2.14 bits per heavy atom. The summed E-state index contributed by atoms with van der Waals surface area (Å²) in [7, 11) is 0. The SMILES string of the molecule is C[C@]1(c2cc(NC(=O)N3CC=CCC3)ccc2F)C[C@@H](C(F)(F)F)OC(N)=N1. The van der Waals surface area contributed by atoms with E-state index in [0.717, 1.165) is 12.5 Å². The van der Waals surface area contributed by atoms with Crippen LogP contribution in [0.25, 0.3) is 0 Å². The smallest absolute Gasteiger partial charge is 0.425 e. The lowest BCUT2D eigenvalue weighted by Gasteiger charge is -2.36. The molecular weight excluding hydrogens is 380 g/mol. The number of hydrogen-bond donors (Lipinski definition) is 2. The average molecular weight is 400 g/mol. The van der Waals surface area contributed by atoms with E-state index in [-0.39, 0.29) is 17.3 Å². The van der Waals surface area contributed by atoms with E-state index < -0.39 is 36.1 Å². The number of urea groups is 1. The molecule has 0 spiro atoms. The Morgan fingerprint density at radius 1 is 1.39 bits per heavy atom.